The summed E-state index contributed by atoms with van der Waals surface area (Å²) in [7, 11) is -1.08. The van der Waals surface area contributed by atoms with Crippen LogP contribution in [-0.2, 0) is 14.8 Å². The van der Waals surface area contributed by atoms with Gasteiger partial charge in [-0.3, -0.25) is 4.79 Å². The van der Waals surface area contributed by atoms with Crippen molar-refractivity contribution in [1.29, 1.82) is 0 Å². The molecule has 1 rings (SSSR count). The molecule has 0 saturated carbocycles. The summed E-state index contributed by atoms with van der Waals surface area (Å²) in [6.07, 6.45) is -4.44. The van der Waals surface area contributed by atoms with Gasteiger partial charge in [-0.25, -0.2) is 12.7 Å². The highest BCUT2D eigenvalue weighted by Gasteiger charge is 2.27. The summed E-state index contributed by atoms with van der Waals surface area (Å²) in [6.45, 7) is -1.95. The van der Waals surface area contributed by atoms with E-state index in [0.717, 1.165) is 10.4 Å². The van der Waals surface area contributed by atoms with Gasteiger partial charge >= 0.3 is 6.18 Å². The number of amides is 1. The number of benzene rings is 1. The van der Waals surface area contributed by atoms with E-state index in [0.29, 0.717) is 0 Å². The van der Waals surface area contributed by atoms with Crippen LogP contribution < -0.4 is 5.32 Å². The van der Waals surface area contributed by atoms with E-state index in [2.05, 4.69) is 10.1 Å². The lowest BCUT2D eigenvalue weighted by atomic mass is 10.2. The number of carbonyl (C=O) groups excluding carboxylic acids is 1. The van der Waals surface area contributed by atoms with Gasteiger partial charge in [0.25, 0.3) is 5.91 Å². The van der Waals surface area contributed by atoms with Crippen LogP contribution in [0.15, 0.2) is 23.1 Å². The van der Waals surface area contributed by atoms with Gasteiger partial charge < -0.3 is 10.1 Å². The first-order chi connectivity index (χ1) is 10.9. The average Bonchev–Trinajstić information content (AvgIpc) is 2.45. The molecule has 0 aliphatic carbocycles. The summed E-state index contributed by atoms with van der Waals surface area (Å²) in [5.74, 6) is -0.716. The number of alkyl halides is 3. The Morgan fingerprint density at radius 2 is 1.96 bits per heavy atom. The van der Waals surface area contributed by atoms with E-state index in [9.17, 15) is 26.4 Å². The Morgan fingerprint density at radius 3 is 2.50 bits per heavy atom. The van der Waals surface area contributed by atoms with Crippen LogP contribution in [0.5, 0.6) is 0 Å². The highest BCUT2D eigenvalue weighted by Crippen LogP contribution is 2.22. The van der Waals surface area contributed by atoms with Crippen molar-refractivity contribution < 1.29 is 31.1 Å². The third-order valence-corrected chi connectivity index (χ3v) is 4.90. The Bertz CT molecular complexity index is 693. The van der Waals surface area contributed by atoms with E-state index in [1.165, 1.54) is 26.2 Å². The molecule has 0 heterocycles. The standard InChI is InChI=1S/C13H16ClF3N2O4S/c1-19(2)24(21,22)9-3-4-11(14)10(7-9)12(20)18-5-6-23-8-13(15,16)17/h3-4,7H,5-6,8H2,1-2H3,(H,18,20). The number of carbonyl (C=O) groups is 1. The molecule has 0 bridgehead atoms. The quantitative estimate of drug-likeness (QED) is 0.724. The van der Waals surface area contributed by atoms with Gasteiger partial charge in [0, 0.05) is 20.6 Å². The zero-order chi connectivity index (χ0) is 18.5. The van der Waals surface area contributed by atoms with E-state index in [4.69, 9.17) is 11.6 Å². The predicted octanol–water partition coefficient (Wildman–Crippen LogP) is 1.90. The fraction of sp³-hybridized carbons (Fsp3) is 0.462. The molecule has 1 aromatic rings. The van der Waals surface area contributed by atoms with Crippen LogP contribution in [0.2, 0.25) is 5.02 Å². The molecule has 0 aromatic heterocycles. The Balaban J connectivity index is 2.74. The van der Waals surface area contributed by atoms with Crippen molar-refractivity contribution in [3.05, 3.63) is 28.8 Å². The van der Waals surface area contributed by atoms with Crippen LogP contribution in [0.1, 0.15) is 10.4 Å². The van der Waals surface area contributed by atoms with E-state index in [1.807, 2.05) is 0 Å². The maximum atomic E-state index is 12.0. The minimum atomic E-state index is -4.44. The van der Waals surface area contributed by atoms with Gasteiger partial charge in [-0.1, -0.05) is 11.6 Å². The molecule has 0 aliphatic heterocycles. The van der Waals surface area contributed by atoms with Gasteiger partial charge in [0.05, 0.1) is 22.1 Å². The predicted molar refractivity (Wildman–Crippen MR) is 81.5 cm³/mol. The summed E-state index contributed by atoms with van der Waals surface area (Å²) < 4.78 is 65.1. The highest BCUT2D eigenvalue weighted by molar-refractivity contribution is 7.89. The van der Waals surface area contributed by atoms with Gasteiger partial charge in [0.1, 0.15) is 6.61 Å². The lowest BCUT2D eigenvalue weighted by Gasteiger charge is -2.13. The molecular formula is C13H16ClF3N2O4S. The molecule has 6 nitrogen and oxygen atoms in total. The second kappa shape index (κ2) is 8.15. The van der Waals surface area contributed by atoms with Crippen LogP contribution in [0.4, 0.5) is 13.2 Å². The van der Waals surface area contributed by atoms with Gasteiger partial charge in [-0.15, -0.1) is 0 Å². The lowest BCUT2D eigenvalue weighted by molar-refractivity contribution is -0.173. The number of sulfonamides is 1. The summed E-state index contributed by atoms with van der Waals surface area (Å²) in [4.78, 5) is 11.9. The smallest absolute Gasteiger partial charge is 0.370 e. The summed E-state index contributed by atoms with van der Waals surface area (Å²) in [6, 6.07) is 3.61. The Morgan fingerprint density at radius 1 is 1.33 bits per heavy atom. The van der Waals surface area contributed by atoms with Gasteiger partial charge in [-0.05, 0) is 18.2 Å². The van der Waals surface area contributed by atoms with Crippen molar-refractivity contribution in [3.63, 3.8) is 0 Å². The van der Waals surface area contributed by atoms with Crippen molar-refractivity contribution in [1.82, 2.24) is 9.62 Å². The fourth-order valence-electron chi connectivity index (χ4n) is 1.57. The lowest BCUT2D eigenvalue weighted by Crippen LogP contribution is -2.29. The molecule has 0 aliphatic rings. The molecule has 0 spiro atoms. The molecule has 0 radical (unpaired) electrons. The zero-order valence-corrected chi connectivity index (χ0v) is 14.4. The van der Waals surface area contributed by atoms with Crippen molar-refractivity contribution in [2.45, 2.75) is 11.1 Å². The zero-order valence-electron chi connectivity index (χ0n) is 12.9. The SMILES string of the molecule is CN(C)S(=O)(=O)c1ccc(Cl)c(C(=O)NCCOCC(F)(F)F)c1. The topological polar surface area (TPSA) is 75.7 Å². The first-order valence-corrected chi connectivity index (χ1v) is 8.42. The fourth-order valence-corrected chi connectivity index (χ4v) is 2.70. The van der Waals surface area contributed by atoms with Crippen LogP contribution >= 0.6 is 11.6 Å². The molecule has 0 atom stereocenters. The van der Waals surface area contributed by atoms with Gasteiger partial charge in [0.15, 0.2) is 0 Å². The summed E-state index contributed by atoms with van der Waals surface area (Å²) in [5, 5.41) is 2.32. The minimum absolute atomic E-state index is 0.0152. The normalized spacial score (nSPS) is 12.5. The van der Waals surface area contributed by atoms with Crippen molar-refractivity contribution in [2.24, 2.45) is 0 Å². The molecular weight excluding hydrogens is 373 g/mol. The Kier molecular flexibility index (Phi) is 7.02. The number of nitrogens with one attached hydrogen (secondary N) is 1. The van der Waals surface area contributed by atoms with Crippen molar-refractivity contribution in [2.75, 3.05) is 33.9 Å². The number of hydrogen-bond acceptors (Lipinski definition) is 4. The molecule has 1 amide bonds. The third kappa shape index (κ3) is 5.93. The number of ether oxygens (including phenoxy) is 1. The van der Waals surface area contributed by atoms with Crippen LogP contribution in [0, 0.1) is 0 Å². The summed E-state index contributed by atoms with van der Waals surface area (Å²) in [5.41, 5.74) is -0.101. The number of nitrogens with zero attached hydrogens (tertiary/aromatic N) is 1. The van der Waals surface area contributed by atoms with Gasteiger partial charge in [-0.2, -0.15) is 13.2 Å². The monoisotopic (exact) mass is 388 g/mol. The van der Waals surface area contributed by atoms with Crippen molar-refractivity contribution in [3.8, 4) is 0 Å². The van der Waals surface area contributed by atoms with E-state index in [-0.39, 0.29) is 28.6 Å². The van der Waals surface area contributed by atoms with Gasteiger partial charge in [0.2, 0.25) is 10.0 Å². The molecule has 0 unspecified atom stereocenters. The van der Waals surface area contributed by atoms with Crippen LogP contribution in [-0.4, -0.2) is 58.7 Å². The second-order valence-corrected chi connectivity index (χ2v) is 7.41. The first kappa shape index (κ1) is 20.7. The third-order valence-electron chi connectivity index (χ3n) is 2.76. The molecule has 1 N–H and O–H groups in total. The molecule has 0 saturated heterocycles. The van der Waals surface area contributed by atoms with Crippen molar-refractivity contribution >= 4 is 27.5 Å². The molecule has 11 heteroatoms. The maximum Gasteiger partial charge on any atom is 0.411 e. The van der Waals surface area contributed by atoms with E-state index in [1.54, 1.807) is 0 Å². The maximum absolute atomic E-state index is 12.0. The Labute approximate surface area is 142 Å². The van der Waals surface area contributed by atoms with E-state index >= 15 is 0 Å². The first-order valence-electron chi connectivity index (χ1n) is 6.60. The highest BCUT2D eigenvalue weighted by atomic mass is 35.5. The Hall–Kier alpha value is -1.36. The number of halogens is 4. The second-order valence-electron chi connectivity index (χ2n) is 4.85. The number of hydrogen-bond donors (Lipinski definition) is 1. The van der Waals surface area contributed by atoms with Crippen LogP contribution in [0.3, 0.4) is 0 Å². The summed E-state index contributed by atoms with van der Waals surface area (Å²) >= 11 is 5.87. The number of rotatable bonds is 7. The molecule has 0 fully saturated rings. The van der Waals surface area contributed by atoms with E-state index < -0.39 is 28.7 Å². The molecule has 24 heavy (non-hydrogen) atoms. The molecule has 136 valence electrons. The largest absolute Gasteiger partial charge is 0.411 e. The molecule has 1 aromatic carbocycles. The minimum Gasteiger partial charge on any atom is -0.370 e. The van der Waals surface area contributed by atoms with Crippen LogP contribution in [0.25, 0.3) is 0 Å². The average molecular weight is 389 g/mol.